The van der Waals surface area contributed by atoms with Gasteiger partial charge in [-0.25, -0.2) is 4.39 Å². The second-order valence-corrected chi connectivity index (χ2v) is 4.81. The number of alkyl halides is 1. The van der Waals surface area contributed by atoms with E-state index in [-0.39, 0.29) is 0 Å². The van der Waals surface area contributed by atoms with Gasteiger partial charge in [0.15, 0.2) is 0 Å². The molecule has 2 atom stereocenters. The Kier molecular flexibility index (Phi) is 2.55. The van der Waals surface area contributed by atoms with Crippen molar-refractivity contribution in [2.45, 2.75) is 18.3 Å². The van der Waals surface area contributed by atoms with Gasteiger partial charge in [0.05, 0.1) is 0 Å². The lowest BCUT2D eigenvalue weighted by Crippen LogP contribution is -2.57. The number of nitrogens with one attached hydrogen (secondary N) is 1. The summed E-state index contributed by atoms with van der Waals surface area (Å²) in [7, 11) is 0. The summed E-state index contributed by atoms with van der Waals surface area (Å²) in [4.78, 5) is 22.9. The summed E-state index contributed by atoms with van der Waals surface area (Å²) >= 11 is 0. The molecule has 20 heavy (non-hydrogen) atoms. The summed E-state index contributed by atoms with van der Waals surface area (Å²) in [6, 6.07) is 5.11. The predicted octanol–water partition coefficient (Wildman–Crippen LogP) is 0.253. The van der Waals surface area contributed by atoms with Crippen molar-refractivity contribution in [1.29, 1.82) is 0 Å². The molecule has 4 N–H and O–H groups in total. The third-order valence-electron chi connectivity index (χ3n) is 3.48. The number of nitrogens with zero attached hydrogens (tertiary/aromatic N) is 1. The number of carbonyl (C=O) groups is 2. The molecule has 0 saturated carbocycles. The zero-order valence-corrected chi connectivity index (χ0v) is 10.3. The lowest BCUT2D eigenvalue weighted by atomic mass is 10.0. The quantitative estimate of drug-likeness (QED) is 0.514. The molecule has 0 spiro atoms. The number of halogens is 1. The number of amides is 2. The number of aliphatic hydroxyl groups excluding tert-OH is 1. The maximum absolute atomic E-state index is 14.9. The van der Waals surface area contributed by atoms with Gasteiger partial charge in [0, 0.05) is 35.3 Å². The monoisotopic (exact) mass is 277 g/mol. The molecule has 2 heterocycles. The van der Waals surface area contributed by atoms with E-state index >= 15 is 0 Å². The number of carbonyl (C=O) groups excluding carboxylic acids is 2. The fourth-order valence-electron chi connectivity index (χ4n) is 2.35. The van der Waals surface area contributed by atoms with Crippen molar-refractivity contribution in [1.82, 2.24) is 9.88 Å². The van der Waals surface area contributed by atoms with Crippen LogP contribution in [0.15, 0.2) is 30.6 Å². The molecule has 6 nitrogen and oxygen atoms in total. The highest BCUT2D eigenvalue weighted by molar-refractivity contribution is 6.03. The number of hydrogen-bond acceptors (Lipinski definition) is 4. The zero-order valence-electron chi connectivity index (χ0n) is 10.3. The summed E-state index contributed by atoms with van der Waals surface area (Å²) < 4.78 is 15.9. The smallest absolute Gasteiger partial charge is 0.285 e. The minimum absolute atomic E-state index is 0.456. The average molecular weight is 277 g/mol. The number of aliphatic hydroxyl groups is 1. The standard InChI is InChI=1S/C13H12FN3O3/c14-13(4-10(18)11(19)16-12(13)20)17-5-7-2-1-3-9(15)8(7)6-17/h1-3,5-6,10,18H,4,15H2,(H,16,19,20). The predicted molar refractivity (Wildman–Crippen MR) is 69.2 cm³/mol. The highest BCUT2D eigenvalue weighted by Crippen LogP contribution is 2.32. The Hall–Kier alpha value is -2.41. The molecule has 3 rings (SSSR count). The van der Waals surface area contributed by atoms with E-state index in [0.717, 1.165) is 4.57 Å². The molecule has 0 bridgehead atoms. The first-order valence-corrected chi connectivity index (χ1v) is 6.01. The number of rotatable bonds is 1. The van der Waals surface area contributed by atoms with E-state index in [1.807, 2.05) is 5.32 Å². The molecular formula is C13H12FN3O3. The zero-order chi connectivity index (χ0) is 14.5. The fourth-order valence-corrected chi connectivity index (χ4v) is 2.35. The lowest BCUT2D eigenvalue weighted by molar-refractivity contribution is -0.158. The van der Waals surface area contributed by atoms with E-state index in [1.54, 1.807) is 18.2 Å². The van der Waals surface area contributed by atoms with Crippen molar-refractivity contribution in [2.24, 2.45) is 0 Å². The van der Waals surface area contributed by atoms with E-state index in [4.69, 9.17) is 5.73 Å². The number of benzene rings is 1. The molecule has 1 aromatic carbocycles. The molecule has 2 aromatic rings. The second-order valence-electron chi connectivity index (χ2n) is 4.81. The molecule has 2 amide bonds. The Balaban J connectivity index is 2.11. The minimum atomic E-state index is -2.52. The summed E-state index contributed by atoms with van der Waals surface area (Å²) in [6.45, 7) is 0. The largest absolute Gasteiger partial charge is 0.398 e. The van der Waals surface area contributed by atoms with E-state index in [2.05, 4.69) is 0 Å². The lowest BCUT2D eigenvalue weighted by Gasteiger charge is -2.31. The first-order valence-electron chi connectivity index (χ1n) is 6.01. The SMILES string of the molecule is Nc1cccc2cn(C3(F)CC(O)C(=O)NC3=O)cc12. The highest BCUT2D eigenvalue weighted by Gasteiger charge is 2.49. The molecular weight excluding hydrogens is 265 g/mol. The number of nitrogens with two attached hydrogens (primary N) is 1. The van der Waals surface area contributed by atoms with E-state index in [1.165, 1.54) is 12.4 Å². The van der Waals surface area contributed by atoms with Crippen LogP contribution in [-0.2, 0) is 15.4 Å². The van der Waals surface area contributed by atoms with Gasteiger partial charge in [-0.2, -0.15) is 0 Å². The topological polar surface area (TPSA) is 97.3 Å². The maximum Gasteiger partial charge on any atom is 0.285 e. The normalized spacial score (nSPS) is 26.8. The Labute approximate surface area is 113 Å². The van der Waals surface area contributed by atoms with Crippen molar-refractivity contribution in [3.05, 3.63) is 30.6 Å². The van der Waals surface area contributed by atoms with Crippen LogP contribution < -0.4 is 11.1 Å². The van der Waals surface area contributed by atoms with Gasteiger partial charge in [-0.15, -0.1) is 0 Å². The molecule has 1 aliphatic rings. The Morgan fingerprint density at radius 3 is 2.85 bits per heavy atom. The van der Waals surface area contributed by atoms with Crippen LogP contribution in [0.3, 0.4) is 0 Å². The molecule has 1 saturated heterocycles. The van der Waals surface area contributed by atoms with Crippen LogP contribution in [0.25, 0.3) is 10.8 Å². The number of aromatic nitrogens is 1. The molecule has 7 heteroatoms. The molecule has 0 radical (unpaired) electrons. The first-order chi connectivity index (χ1) is 9.41. The van der Waals surface area contributed by atoms with Gasteiger partial charge in [0.2, 0.25) is 0 Å². The van der Waals surface area contributed by atoms with Crippen LogP contribution in [0.2, 0.25) is 0 Å². The van der Waals surface area contributed by atoms with E-state index in [0.29, 0.717) is 16.5 Å². The van der Waals surface area contributed by atoms with Gasteiger partial charge in [-0.1, -0.05) is 12.1 Å². The Morgan fingerprint density at radius 2 is 2.15 bits per heavy atom. The van der Waals surface area contributed by atoms with Gasteiger partial charge in [-0.3, -0.25) is 14.9 Å². The van der Waals surface area contributed by atoms with Crippen LogP contribution in [0, 0.1) is 0 Å². The summed E-state index contributed by atoms with van der Waals surface area (Å²) in [6.07, 6.45) is 0.625. The third-order valence-corrected chi connectivity index (χ3v) is 3.48. The van der Waals surface area contributed by atoms with Crippen LogP contribution in [0.1, 0.15) is 6.42 Å². The average Bonchev–Trinajstić information content (AvgIpc) is 2.83. The summed E-state index contributed by atoms with van der Waals surface area (Å²) in [5.41, 5.74) is 6.24. The minimum Gasteiger partial charge on any atom is -0.398 e. The summed E-state index contributed by atoms with van der Waals surface area (Å²) in [5.74, 6) is -4.50. The van der Waals surface area contributed by atoms with Crippen LogP contribution in [0.5, 0.6) is 0 Å². The third kappa shape index (κ3) is 1.67. The van der Waals surface area contributed by atoms with Crippen LogP contribution >= 0.6 is 0 Å². The Morgan fingerprint density at radius 1 is 1.40 bits per heavy atom. The van der Waals surface area contributed by atoms with Crippen molar-refractivity contribution < 1.29 is 19.1 Å². The van der Waals surface area contributed by atoms with Crippen molar-refractivity contribution >= 4 is 28.3 Å². The number of fused-ring (bicyclic) bond motifs is 1. The number of anilines is 1. The second kappa shape index (κ2) is 4.04. The molecule has 104 valence electrons. The first kappa shape index (κ1) is 12.6. The molecule has 0 aliphatic carbocycles. The Bertz CT molecular complexity index is 727. The highest BCUT2D eigenvalue weighted by atomic mass is 19.1. The molecule has 1 fully saturated rings. The van der Waals surface area contributed by atoms with Gasteiger partial charge >= 0.3 is 0 Å². The summed E-state index contributed by atoms with van der Waals surface area (Å²) in [5, 5.41) is 12.6. The van der Waals surface area contributed by atoms with Gasteiger partial charge in [-0.05, 0) is 6.07 Å². The van der Waals surface area contributed by atoms with E-state index in [9.17, 15) is 19.1 Å². The number of nitrogen functional groups attached to an aromatic ring is 1. The molecule has 1 aliphatic heterocycles. The van der Waals surface area contributed by atoms with Crippen molar-refractivity contribution in [2.75, 3.05) is 5.73 Å². The van der Waals surface area contributed by atoms with Crippen LogP contribution in [-0.4, -0.2) is 27.6 Å². The maximum atomic E-state index is 14.9. The molecule has 1 aromatic heterocycles. The fraction of sp³-hybridized carbons (Fsp3) is 0.231. The van der Waals surface area contributed by atoms with Crippen molar-refractivity contribution in [3.8, 4) is 0 Å². The van der Waals surface area contributed by atoms with Crippen molar-refractivity contribution in [3.63, 3.8) is 0 Å². The van der Waals surface area contributed by atoms with Crippen LogP contribution in [0.4, 0.5) is 10.1 Å². The number of piperidine rings is 1. The van der Waals surface area contributed by atoms with Gasteiger partial charge in [0.1, 0.15) is 6.10 Å². The van der Waals surface area contributed by atoms with Gasteiger partial charge < -0.3 is 15.4 Å². The number of hydrogen-bond donors (Lipinski definition) is 3. The van der Waals surface area contributed by atoms with Gasteiger partial charge in [0.25, 0.3) is 17.6 Å². The molecule has 2 unspecified atom stereocenters. The van der Waals surface area contributed by atoms with E-state index < -0.39 is 30.1 Å². The number of imide groups is 1.